The normalized spacial score (nSPS) is 28.3. The molecule has 5 rings (SSSR count). The number of ether oxygens (including phenoxy) is 1. The van der Waals surface area contributed by atoms with Crippen LogP contribution in [0, 0.1) is 6.92 Å². The van der Waals surface area contributed by atoms with Gasteiger partial charge in [-0.15, -0.1) is 20.4 Å². The monoisotopic (exact) mass is 476 g/mol. The highest BCUT2D eigenvalue weighted by Crippen LogP contribution is 2.31. The zero-order chi connectivity index (χ0) is 23.5. The first-order valence-electron chi connectivity index (χ1n) is 10.9. The van der Waals surface area contributed by atoms with Crippen molar-refractivity contribution in [2.24, 2.45) is 0 Å². The maximum atomic E-state index is 13.5. The minimum Gasteiger partial charge on any atom is -0.418 e. The van der Waals surface area contributed by atoms with Crippen LogP contribution in [0.4, 0.5) is 5.69 Å². The van der Waals surface area contributed by atoms with Crippen LogP contribution in [0.15, 0.2) is 21.6 Å². The lowest BCUT2D eigenvalue weighted by atomic mass is 9.93. The van der Waals surface area contributed by atoms with Crippen molar-refractivity contribution >= 4 is 21.4 Å². The van der Waals surface area contributed by atoms with Crippen LogP contribution in [0.25, 0.3) is 17.4 Å². The molecule has 0 radical (unpaired) electrons. The van der Waals surface area contributed by atoms with Crippen molar-refractivity contribution in [3.8, 4) is 11.7 Å². The Balaban J connectivity index is 1.66. The van der Waals surface area contributed by atoms with E-state index in [1.165, 1.54) is 6.20 Å². The lowest BCUT2D eigenvalue weighted by molar-refractivity contribution is -0.120. The van der Waals surface area contributed by atoms with Gasteiger partial charge in [0, 0.05) is 38.3 Å². The molecule has 2 aliphatic rings. The van der Waals surface area contributed by atoms with Crippen LogP contribution < -0.4 is 14.9 Å². The lowest BCUT2D eigenvalue weighted by Crippen LogP contribution is -2.65. The van der Waals surface area contributed by atoms with Gasteiger partial charge in [0.2, 0.25) is 21.7 Å². The molecule has 33 heavy (non-hydrogen) atoms. The van der Waals surface area contributed by atoms with Crippen molar-refractivity contribution in [1.29, 1.82) is 0 Å². The third-order valence-electron chi connectivity index (χ3n) is 6.28. The molecule has 2 aliphatic heterocycles. The van der Waals surface area contributed by atoms with Crippen LogP contribution in [0.3, 0.4) is 0 Å². The first-order valence-corrected chi connectivity index (χ1v) is 12.4. The summed E-state index contributed by atoms with van der Waals surface area (Å²) in [4.78, 5) is 2.23. The number of nitrogens with zero attached hydrogens (tertiary/aromatic N) is 6. The number of nitrogens with one attached hydrogen (secondary N) is 2. The Bertz CT molecular complexity index is 1290. The lowest BCUT2D eigenvalue weighted by Gasteiger charge is -2.45. The largest absolute Gasteiger partial charge is 0.418 e. The molecule has 3 aromatic heterocycles. The van der Waals surface area contributed by atoms with Crippen molar-refractivity contribution in [2.75, 3.05) is 24.6 Å². The number of pyridine rings is 1. The van der Waals surface area contributed by atoms with E-state index in [0.29, 0.717) is 36.9 Å². The van der Waals surface area contributed by atoms with E-state index in [1.807, 2.05) is 13.8 Å². The number of hydrogen-bond acceptors (Lipinski definition) is 10. The fraction of sp³-hybridized carbons (Fsp3) is 0.600. The zero-order valence-corrected chi connectivity index (χ0v) is 20.0. The van der Waals surface area contributed by atoms with E-state index >= 15 is 0 Å². The number of piperazine rings is 1. The summed E-state index contributed by atoms with van der Waals surface area (Å²) in [6.45, 7) is 11.3. The van der Waals surface area contributed by atoms with Gasteiger partial charge in [0.1, 0.15) is 4.90 Å². The maximum Gasteiger partial charge on any atom is 0.286 e. The summed E-state index contributed by atoms with van der Waals surface area (Å²) in [5, 5.41) is 20.0. The molecule has 2 fully saturated rings. The van der Waals surface area contributed by atoms with E-state index in [9.17, 15) is 8.42 Å². The molecule has 3 aromatic rings. The van der Waals surface area contributed by atoms with E-state index in [4.69, 9.17) is 9.15 Å². The maximum absolute atomic E-state index is 13.5. The molecule has 0 amide bonds. The topological polar surface area (TPSA) is 140 Å². The highest BCUT2D eigenvalue weighted by molar-refractivity contribution is 7.89. The van der Waals surface area contributed by atoms with Gasteiger partial charge < -0.3 is 19.4 Å². The molecular formula is C20H28N8O4S. The van der Waals surface area contributed by atoms with Gasteiger partial charge in [0.05, 0.1) is 23.9 Å². The number of aromatic nitrogens is 5. The molecule has 0 aromatic carbocycles. The molecule has 5 heterocycles. The van der Waals surface area contributed by atoms with E-state index in [1.54, 1.807) is 17.4 Å². The Morgan fingerprint density at radius 2 is 1.88 bits per heavy atom. The second-order valence-electron chi connectivity index (χ2n) is 9.25. The summed E-state index contributed by atoms with van der Waals surface area (Å²) in [6, 6.07) is 2.10. The number of anilines is 1. The molecule has 0 spiro atoms. The molecular weight excluding hydrogens is 448 g/mol. The van der Waals surface area contributed by atoms with Gasteiger partial charge in [0.15, 0.2) is 5.65 Å². The minimum absolute atomic E-state index is 0.0986. The quantitative estimate of drug-likeness (QED) is 0.541. The summed E-state index contributed by atoms with van der Waals surface area (Å²) in [7, 11) is -3.88. The van der Waals surface area contributed by atoms with Gasteiger partial charge in [-0.2, -0.15) is 0 Å². The third kappa shape index (κ3) is 3.88. The number of fused-ring (bicyclic) bond motifs is 1. The summed E-state index contributed by atoms with van der Waals surface area (Å²) >= 11 is 0. The minimum atomic E-state index is -3.88. The predicted molar refractivity (Wildman–Crippen MR) is 119 cm³/mol. The predicted octanol–water partition coefficient (Wildman–Crippen LogP) is 0.730. The average Bonchev–Trinajstić information content (AvgIpc) is 3.36. The van der Waals surface area contributed by atoms with Crippen LogP contribution in [0.2, 0.25) is 0 Å². The molecule has 2 unspecified atom stereocenters. The summed E-state index contributed by atoms with van der Waals surface area (Å²) < 4.78 is 42.3. The van der Waals surface area contributed by atoms with Crippen molar-refractivity contribution in [3.05, 3.63) is 18.2 Å². The first-order chi connectivity index (χ1) is 15.6. The molecule has 2 saturated heterocycles. The Labute approximate surface area is 191 Å². The number of hydrogen-bond donors (Lipinski definition) is 2. The number of rotatable bonds is 5. The molecule has 0 aliphatic carbocycles. The van der Waals surface area contributed by atoms with Crippen molar-refractivity contribution in [2.45, 2.75) is 63.2 Å². The summed E-state index contributed by atoms with van der Waals surface area (Å²) in [5.74, 6) is 0.833. The van der Waals surface area contributed by atoms with Gasteiger partial charge in [-0.05, 0) is 33.8 Å². The van der Waals surface area contributed by atoms with E-state index in [-0.39, 0.29) is 34.8 Å². The van der Waals surface area contributed by atoms with Gasteiger partial charge in [0.25, 0.3) is 5.89 Å². The molecule has 178 valence electrons. The van der Waals surface area contributed by atoms with E-state index in [2.05, 4.69) is 49.2 Å². The van der Waals surface area contributed by atoms with E-state index in [0.717, 1.165) is 0 Å². The number of sulfonamides is 1. The fourth-order valence-electron chi connectivity index (χ4n) is 4.37. The molecule has 12 nitrogen and oxygen atoms in total. The van der Waals surface area contributed by atoms with E-state index < -0.39 is 15.6 Å². The second kappa shape index (κ2) is 7.72. The summed E-state index contributed by atoms with van der Waals surface area (Å²) in [5.41, 5.74) is 0.523. The fourth-order valence-corrected chi connectivity index (χ4v) is 5.83. The Kier molecular flexibility index (Phi) is 5.19. The van der Waals surface area contributed by atoms with Gasteiger partial charge >= 0.3 is 0 Å². The highest BCUT2D eigenvalue weighted by Gasteiger charge is 2.45. The molecule has 13 heteroatoms. The molecule has 0 bridgehead atoms. The molecule has 0 saturated carbocycles. The Hall–Kier alpha value is -2.61. The van der Waals surface area contributed by atoms with Crippen LogP contribution in [-0.2, 0) is 14.8 Å². The van der Waals surface area contributed by atoms with Crippen molar-refractivity contribution in [1.82, 2.24) is 34.8 Å². The van der Waals surface area contributed by atoms with Crippen molar-refractivity contribution in [3.63, 3.8) is 0 Å². The van der Waals surface area contributed by atoms with Crippen LogP contribution >= 0.6 is 0 Å². The molecule has 2 N–H and O–H groups in total. The van der Waals surface area contributed by atoms with Crippen LogP contribution in [0.1, 0.15) is 33.6 Å². The Morgan fingerprint density at radius 3 is 2.45 bits per heavy atom. The zero-order valence-electron chi connectivity index (χ0n) is 19.2. The third-order valence-corrected chi connectivity index (χ3v) is 7.86. The van der Waals surface area contributed by atoms with Gasteiger partial charge in [-0.25, -0.2) is 13.1 Å². The molecule has 4 atom stereocenters. The highest BCUT2D eigenvalue weighted by atomic mass is 32.2. The summed E-state index contributed by atoms with van der Waals surface area (Å²) in [6.07, 6.45) is 1.27. The van der Waals surface area contributed by atoms with Gasteiger partial charge in [-0.3, -0.25) is 4.40 Å². The SMILES string of the molecule is Cc1nnc(-c2nnc3c(N4C[C@H](C)N[C@@H](C)C4)cc(S(=O)(=O)NC4(C)COC4C)cn23)o1. The smallest absolute Gasteiger partial charge is 0.286 e. The number of aryl methyl sites for hydroxylation is 1. The first kappa shape index (κ1) is 22.2. The van der Waals surface area contributed by atoms with Crippen molar-refractivity contribution < 1.29 is 17.6 Å². The van der Waals surface area contributed by atoms with Crippen LogP contribution in [0.5, 0.6) is 0 Å². The van der Waals surface area contributed by atoms with Crippen LogP contribution in [-0.4, -0.2) is 76.6 Å². The Morgan fingerprint density at radius 1 is 1.15 bits per heavy atom. The standard InChI is InChI=1S/C20H28N8O4S/c1-11-7-27(8-12(2)21-11)16-6-15(33(29,30)26-20(5)10-31-13(20)3)9-28-17(16)23-24-18(28)19-25-22-14(4)32-19/h6,9,11-13,21,26H,7-8,10H2,1-5H3/t11-,12-,13?,20?/m0/s1. The average molecular weight is 477 g/mol. The van der Waals surface area contributed by atoms with Gasteiger partial charge in [-0.1, -0.05) is 0 Å². The second-order valence-corrected chi connectivity index (χ2v) is 10.9.